The second kappa shape index (κ2) is 4.50. The zero-order valence-corrected chi connectivity index (χ0v) is 11.3. The van der Waals surface area contributed by atoms with Crippen LogP contribution in [0.15, 0.2) is 35.7 Å². The zero-order valence-electron chi connectivity index (χ0n) is 8.95. The van der Waals surface area contributed by atoms with E-state index < -0.39 is 0 Å². The number of hydrogen-bond acceptors (Lipinski definition) is 2. The minimum Gasteiger partial charge on any atom is -0.225 e. The molecule has 0 saturated carbocycles. The van der Waals surface area contributed by atoms with Crippen molar-refractivity contribution in [3.8, 4) is 11.1 Å². The van der Waals surface area contributed by atoms with Crippen LogP contribution < -0.4 is 0 Å². The molecule has 2 heterocycles. The molecule has 1 aromatic carbocycles. The summed E-state index contributed by atoms with van der Waals surface area (Å²) in [6.45, 7) is 0. The Kier molecular flexibility index (Phi) is 2.98. The van der Waals surface area contributed by atoms with Gasteiger partial charge < -0.3 is 0 Å². The highest BCUT2D eigenvalue weighted by Gasteiger charge is 2.12. The van der Waals surface area contributed by atoms with Crippen molar-refractivity contribution in [2.45, 2.75) is 0 Å². The third kappa shape index (κ3) is 1.99. The van der Waals surface area contributed by atoms with Crippen molar-refractivity contribution in [2.24, 2.45) is 0 Å². The summed E-state index contributed by atoms with van der Waals surface area (Å²) in [5.74, 6) is -0.259. The molecule has 0 saturated heterocycles. The van der Waals surface area contributed by atoms with Crippen LogP contribution in [0.3, 0.4) is 0 Å². The molecule has 0 bridgehead atoms. The van der Waals surface area contributed by atoms with Gasteiger partial charge in [-0.3, -0.25) is 0 Å². The molecule has 3 aromatic rings. The minimum atomic E-state index is -0.259. The van der Waals surface area contributed by atoms with Gasteiger partial charge in [0.2, 0.25) is 0 Å². The van der Waals surface area contributed by atoms with Crippen LogP contribution in [0, 0.1) is 5.82 Å². The fraction of sp³-hybridized carbons (Fsp3) is 0. The first-order chi connectivity index (χ1) is 8.65. The number of pyridine rings is 1. The molecule has 0 aliphatic carbocycles. The van der Waals surface area contributed by atoms with Gasteiger partial charge in [0.05, 0.1) is 5.02 Å². The molecule has 0 aliphatic heterocycles. The van der Waals surface area contributed by atoms with E-state index in [-0.39, 0.29) is 5.82 Å². The van der Waals surface area contributed by atoms with E-state index >= 15 is 0 Å². The van der Waals surface area contributed by atoms with Crippen LogP contribution in [0.2, 0.25) is 10.2 Å². The fourth-order valence-electron chi connectivity index (χ4n) is 1.81. The van der Waals surface area contributed by atoms with Gasteiger partial charge in [-0.25, -0.2) is 9.37 Å². The monoisotopic (exact) mass is 297 g/mol. The summed E-state index contributed by atoms with van der Waals surface area (Å²) in [6, 6.07) is 7.92. The SMILES string of the molecule is Fc1ccc(-c2csc3nc(Cl)cc(Cl)c23)cc1. The van der Waals surface area contributed by atoms with Crippen molar-refractivity contribution in [3.05, 3.63) is 51.7 Å². The third-order valence-corrected chi connectivity index (χ3v) is 3.98. The lowest BCUT2D eigenvalue weighted by Gasteiger charge is -2.01. The highest BCUT2D eigenvalue weighted by atomic mass is 35.5. The number of benzene rings is 1. The van der Waals surface area contributed by atoms with Crippen molar-refractivity contribution in [1.82, 2.24) is 4.98 Å². The highest BCUT2D eigenvalue weighted by molar-refractivity contribution is 7.17. The zero-order chi connectivity index (χ0) is 12.7. The Hall–Kier alpha value is -1.16. The standard InChI is InChI=1S/C13H6Cl2FNS/c14-10-5-11(15)17-13-12(10)9(6-18-13)7-1-3-8(16)4-2-7/h1-6H. The fourth-order valence-corrected chi connectivity index (χ4v) is 3.43. The Balaban J connectivity index is 2.27. The van der Waals surface area contributed by atoms with Gasteiger partial charge in [0.25, 0.3) is 0 Å². The van der Waals surface area contributed by atoms with Gasteiger partial charge in [0.1, 0.15) is 15.8 Å². The van der Waals surface area contributed by atoms with E-state index in [2.05, 4.69) is 4.98 Å². The van der Waals surface area contributed by atoms with Crippen LogP contribution in [-0.2, 0) is 0 Å². The van der Waals surface area contributed by atoms with Crippen LogP contribution in [0.5, 0.6) is 0 Å². The van der Waals surface area contributed by atoms with Gasteiger partial charge in [-0.1, -0.05) is 35.3 Å². The van der Waals surface area contributed by atoms with E-state index in [0.717, 1.165) is 21.3 Å². The van der Waals surface area contributed by atoms with Crippen molar-refractivity contribution in [3.63, 3.8) is 0 Å². The molecule has 0 amide bonds. The Morgan fingerprint density at radius 2 is 1.83 bits per heavy atom. The van der Waals surface area contributed by atoms with E-state index in [0.29, 0.717) is 10.2 Å². The number of thiophene rings is 1. The summed E-state index contributed by atoms with van der Waals surface area (Å²) in [6.07, 6.45) is 0. The summed E-state index contributed by atoms with van der Waals surface area (Å²) in [5, 5.41) is 3.75. The Morgan fingerprint density at radius 1 is 1.11 bits per heavy atom. The molecule has 18 heavy (non-hydrogen) atoms. The molecule has 0 fully saturated rings. The molecule has 0 atom stereocenters. The summed E-state index contributed by atoms with van der Waals surface area (Å²) in [5.41, 5.74) is 1.86. The van der Waals surface area contributed by atoms with Gasteiger partial charge in [0, 0.05) is 16.3 Å². The van der Waals surface area contributed by atoms with Crippen LogP contribution >= 0.6 is 34.5 Å². The lowest BCUT2D eigenvalue weighted by atomic mass is 10.1. The van der Waals surface area contributed by atoms with Gasteiger partial charge in [-0.15, -0.1) is 11.3 Å². The van der Waals surface area contributed by atoms with E-state index in [1.165, 1.54) is 23.5 Å². The molecular formula is C13H6Cl2FNS. The van der Waals surface area contributed by atoms with E-state index in [1.807, 2.05) is 5.38 Å². The predicted octanol–water partition coefficient (Wildman–Crippen LogP) is 5.41. The van der Waals surface area contributed by atoms with Crippen molar-refractivity contribution in [1.29, 1.82) is 0 Å². The Labute approximate surface area is 117 Å². The van der Waals surface area contributed by atoms with Gasteiger partial charge in [0.15, 0.2) is 0 Å². The Morgan fingerprint density at radius 3 is 2.56 bits per heavy atom. The average Bonchev–Trinajstić information content (AvgIpc) is 2.74. The molecule has 1 nitrogen and oxygen atoms in total. The number of aromatic nitrogens is 1. The maximum atomic E-state index is 12.9. The number of halogens is 3. The molecule has 5 heteroatoms. The molecule has 90 valence electrons. The molecule has 0 radical (unpaired) electrons. The largest absolute Gasteiger partial charge is 0.225 e. The smallest absolute Gasteiger partial charge is 0.132 e. The molecule has 0 unspecified atom stereocenters. The molecule has 0 spiro atoms. The maximum Gasteiger partial charge on any atom is 0.132 e. The molecular weight excluding hydrogens is 292 g/mol. The topological polar surface area (TPSA) is 12.9 Å². The molecule has 2 aromatic heterocycles. The van der Waals surface area contributed by atoms with E-state index in [9.17, 15) is 4.39 Å². The minimum absolute atomic E-state index is 0.259. The van der Waals surface area contributed by atoms with Crippen LogP contribution in [0.25, 0.3) is 21.3 Å². The summed E-state index contributed by atoms with van der Waals surface area (Å²) in [4.78, 5) is 5.01. The first-order valence-electron chi connectivity index (χ1n) is 5.14. The van der Waals surface area contributed by atoms with Gasteiger partial charge in [-0.05, 0) is 23.8 Å². The molecule has 0 N–H and O–H groups in total. The first-order valence-corrected chi connectivity index (χ1v) is 6.78. The molecule has 0 aliphatic rings. The quantitative estimate of drug-likeness (QED) is 0.547. The van der Waals surface area contributed by atoms with Crippen LogP contribution in [0.4, 0.5) is 4.39 Å². The van der Waals surface area contributed by atoms with Gasteiger partial charge >= 0.3 is 0 Å². The second-order valence-corrected chi connectivity index (χ2v) is 5.42. The third-order valence-electron chi connectivity index (χ3n) is 2.62. The number of hydrogen-bond donors (Lipinski definition) is 0. The van der Waals surface area contributed by atoms with E-state index in [4.69, 9.17) is 23.2 Å². The van der Waals surface area contributed by atoms with Crippen LogP contribution in [-0.4, -0.2) is 4.98 Å². The van der Waals surface area contributed by atoms with Crippen molar-refractivity contribution >= 4 is 44.8 Å². The van der Waals surface area contributed by atoms with Crippen LogP contribution in [0.1, 0.15) is 0 Å². The number of nitrogens with zero attached hydrogens (tertiary/aromatic N) is 1. The van der Waals surface area contributed by atoms with Gasteiger partial charge in [-0.2, -0.15) is 0 Å². The normalized spacial score (nSPS) is 11.1. The first kappa shape index (κ1) is 11.9. The predicted molar refractivity (Wildman–Crippen MR) is 75.0 cm³/mol. The average molecular weight is 298 g/mol. The number of rotatable bonds is 1. The highest BCUT2D eigenvalue weighted by Crippen LogP contribution is 2.38. The van der Waals surface area contributed by atoms with E-state index in [1.54, 1.807) is 18.2 Å². The maximum absolute atomic E-state index is 12.9. The lowest BCUT2D eigenvalue weighted by Crippen LogP contribution is -1.80. The summed E-state index contributed by atoms with van der Waals surface area (Å²) in [7, 11) is 0. The van der Waals surface area contributed by atoms with Crippen molar-refractivity contribution < 1.29 is 4.39 Å². The second-order valence-electron chi connectivity index (χ2n) is 3.76. The summed E-state index contributed by atoms with van der Waals surface area (Å²) >= 11 is 13.5. The Bertz CT molecular complexity index is 722. The number of fused-ring (bicyclic) bond motifs is 1. The molecule has 3 rings (SSSR count). The summed E-state index contributed by atoms with van der Waals surface area (Å²) < 4.78 is 12.9. The lowest BCUT2D eigenvalue weighted by molar-refractivity contribution is 0.628. The van der Waals surface area contributed by atoms with Crippen molar-refractivity contribution in [2.75, 3.05) is 0 Å².